The van der Waals surface area contributed by atoms with Gasteiger partial charge in [-0.15, -0.1) is 0 Å². The summed E-state index contributed by atoms with van der Waals surface area (Å²) in [5.74, 6) is 3.56. The van der Waals surface area contributed by atoms with E-state index in [-0.39, 0.29) is 12.1 Å². The Bertz CT molecular complexity index is 519. The van der Waals surface area contributed by atoms with Gasteiger partial charge in [0.1, 0.15) is 5.82 Å². The summed E-state index contributed by atoms with van der Waals surface area (Å²) >= 11 is 0. The van der Waals surface area contributed by atoms with Gasteiger partial charge in [0.2, 0.25) is 0 Å². The molecule has 7 heteroatoms. The van der Waals surface area contributed by atoms with Gasteiger partial charge in [-0.05, 0) is 23.7 Å². The molecule has 0 saturated heterocycles. The Morgan fingerprint density at radius 2 is 2.00 bits per heavy atom. The predicted octanol–water partition coefficient (Wildman–Crippen LogP) is 3.51. The van der Waals surface area contributed by atoms with E-state index in [4.69, 9.17) is 5.53 Å². The van der Waals surface area contributed by atoms with Crippen molar-refractivity contribution in [3.8, 4) is 11.8 Å². The third kappa shape index (κ3) is 4.05. The molecule has 0 amide bonds. The summed E-state index contributed by atoms with van der Waals surface area (Å²) in [7, 11) is 0. The van der Waals surface area contributed by atoms with E-state index in [1.54, 1.807) is 0 Å². The van der Waals surface area contributed by atoms with Gasteiger partial charge < -0.3 is 0 Å². The molecule has 3 nitrogen and oxygen atoms in total. The molecule has 1 aromatic carbocycles. The topological polar surface area (TPSA) is 48.8 Å². The van der Waals surface area contributed by atoms with Gasteiger partial charge in [0, 0.05) is 10.5 Å². The number of benzene rings is 1. The van der Waals surface area contributed by atoms with Crippen LogP contribution in [0, 0.1) is 17.7 Å². The average molecular weight is 243 g/mol. The van der Waals surface area contributed by atoms with Crippen LogP contribution in [0.3, 0.4) is 0 Å². The smallest absolute Gasteiger partial charge is 0.207 e. The lowest BCUT2D eigenvalue weighted by atomic mass is 10.1. The largest absolute Gasteiger partial charge is 0.416 e. The van der Waals surface area contributed by atoms with Gasteiger partial charge in [-0.3, -0.25) is 0 Å². The molecule has 17 heavy (non-hydrogen) atoms. The van der Waals surface area contributed by atoms with Gasteiger partial charge in [-0.1, -0.05) is 17.0 Å². The lowest BCUT2D eigenvalue weighted by Gasteiger charge is -2.06. The van der Waals surface area contributed by atoms with Crippen LogP contribution in [0.4, 0.5) is 17.6 Å². The fourth-order valence-corrected chi connectivity index (χ4v) is 1.03. The van der Waals surface area contributed by atoms with E-state index >= 15 is 0 Å². The molecule has 0 saturated carbocycles. The molecule has 0 aliphatic rings. The van der Waals surface area contributed by atoms with Gasteiger partial charge in [-0.2, -0.15) is 13.2 Å². The monoisotopic (exact) mass is 243 g/mol. The maximum Gasteiger partial charge on any atom is 0.416 e. The second-order valence-corrected chi connectivity index (χ2v) is 2.92. The van der Waals surface area contributed by atoms with E-state index in [0.717, 1.165) is 12.1 Å². The van der Waals surface area contributed by atoms with E-state index in [9.17, 15) is 17.6 Å². The summed E-state index contributed by atoms with van der Waals surface area (Å²) in [6.07, 6.45) is -4.62. The van der Waals surface area contributed by atoms with Crippen molar-refractivity contribution in [2.24, 2.45) is 5.11 Å². The summed E-state index contributed by atoms with van der Waals surface area (Å²) in [5.41, 5.74) is 6.71. The average Bonchev–Trinajstić information content (AvgIpc) is 2.22. The summed E-state index contributed by atoms with van der Waals surface area (Å²) in [5, 5.41) is 3.07. The van der Waals surface area contributed by atoms with Gasteiger partial charge in [-0.25, -0.2) is 4.39 Å². The van der Waals surface area contributed by atoms with Gasteiger partial charge >= 0.3 is 6.18 Å². The third-order valence-electron chi connectivity index (χ3n) is 1.67. The highest BCUT2D eigenvalue weighted by molar-refractivity contribution is 5.38. The number of rotatable bonds is 1. The number of alkyl halides is 3. The Labute approximate surface area is 93.7 Å². The van der Waals surface area contributed by atoms with E-state index in [1.165, 1.54) is 0 Å². The molecule has 1 aromatic rings. The molecule has 1 rings (SSSR count). The number of azide groups is 1. The number of hydrogen-bond donors (Lipinski definition) is 0. The Morgan fingerprint density at radius 3 is 2.59 bits per heavy atom. The molecule has 0 aliphatic carbocycles. The van der Waals surface area contributed by atoms with E-state index in [1.807, 2.05) is 0 Å². The lowest BCUT2D eigenvalue weighted by Crippen LogP contribution is -2.05. The zero-order valence-electron chi connectivity index (χ0n) is 8.29. The molecule has 0 fully saturated rings. The first-order valence-electron chi connectivity index (χ1n) is 4.31. The van der Waals surface area contributed by atoms with Crippen LogP contribution in [-0.4, -0.2) is 6.54 Å². The van der Waals surface area contributed by atoms with Crippen molar-refractivity contribution < 1.29 is 17.6 Å². The Kier molecular flexibility index (Phi) is 3.96. The molecule has 0 aliphatic heterocycles. The van der Waals surface area contributed by atoms with Crippen molar-refractivity contribution in [2.75, 3.05) is 6.54 Å². The van der Waals surface area contributed by atoms with Crippen LogP contribution in [0.25, 0.3) is 10.4 Å². The Hall–Kier alpha value is -2.19. The van der Waals surface area contributed by atoms with Crippen molar-refractivity contribution in [3.05, 3.63) is 45.6 Å². The summed E-state index contributed by atoms with van der Waals surface area (Å²) in [4.78, 5) is 2.41. The number of nitrogens with zero attached hydrogens (tertiary/aromatic N) is 3. The standard InChI is InChI=1S/C10H5F4N3/c11-9-5-7(2-1-3-16-17-15)4-8(6-9)10(12,13)14/h4-6H,3H2. The van der Waals surface area contributed by atoms with E-state index in [2.05, 4.69) is 21.9 Å². The highest BCUT2D eigenvalue weighted by Gasteiger charge is 2.31. The fourth-order valence-electron chi connectivity index (χ4n) is 1.03. The molecule has 0 atom stereocenters. The maximum absolute atomic E-state index is 12.9. The van der Waals surface area contributed by atoms with Crippen LogP contribution < -0.4 is 0 Å². The molecular weight excluding hydrogens is 238 g/mol. The SMILES string of the molecule is [N-]=[N+]=NCC#Cc1cc(F)cc(C(F)(F)F)c1. The van der Waals surface area contributed by atoms with Gasteiger partial charge in [0.25, 0.3) is 0 Å². The van der Waals surface area contributed by atoms with E-state index < -0.39 is 17.6 Å². The summed E-state index contributed by atoms with van der Waals surface area (Å²) in [6.45, 7) is -0.186. The van der Waals surface area contributed by atoms with Crippen LogP contribution >= 0.6 is 0 Å². The molecule has 0 spiro atoms. The van der Waals surface area contributed by atoms with Gasteiger partial charge in [0.15, 0.2) is 0 Å². The Morgan fingerprint density at radius 1 is 1.29 bits per heavy atom. The Balaban J connectivity index is 3.04. The van der Waals surface area contributed by atoms with E-state index in [0.29, 0.717) is 6.07 Å². The van der Waals surface area contributed by atoms with Crippen LogP contribution in [0.15, 0.2) is 23.3 Å². The van der Waals surface area contributed by atoms with Crippen LogP contribution in [0.1, 0.15) is 11.1 Å². The summed E-state index contributed by atoms with van der Waals surface area (Å²) < 4.78 is 49.8. The van der Waals surface area contributed by atoms with Crippen LogP contribution in [-0.2, 0) is 6.18 Å². The number of hydrogen-bond acceptors (Lipinski definition) is 1. The molecule has 0 radical (unpaired) electrons. The zero-order valence-corrected chi connectivity index (χ0v) is 8.29. The number of halogens is 4. The van der Waals surface area contributed by atoms with Crippen molar-refractivity contribution in [1.29, 1.82) is 0 Å². The van der Waals surface area contributed by atoms with Crippen molar-refractivity contribution in [1.82, 2.24) is 0 Å². The molecule has 0 heterocycles. The lowest BCUT2D eigenvalue weighted by molar-refractivity contribution is -0.137. The molecule has 0 bridgehead atoms. The first kappa shape index (κ1) is 12.9. The highest BCUT2D eigenvalue weighted by atomic mass is 19.4. The quantitative estimate of drug-likeness (QED) is 0.238. The molecule has 0 aromatic heterocycles. The minimum atomic E-state index is -4.62. The normalized spacial score (nSPS) is 10.1. The molecule has 0 N–H and O–H groups in total. The predicted molar refractivity (Wildman–Crippen MR) is 52.3 cm³/mol. The third-order valence-corrected chi connectivity index (χ3v) is 1.67. The molecule has 88 valence electrons. The van der Waals surface area contributed by atoms with Crippen LogP contribution in [0.2, 0.25) is 0 Å². The second kappa shape index (κ2) is 5.23. The minimum Gasteiger partial charge on any atom is -0.207 e. The van der Waals surface area contributed by atoms with Gasteiger partial charge in [0.05, 0.1) is 12.1 Å². The highest BCUT2D eigenvalue weighted by Crippen LogP contribution is 2.30. The fraction of sp³-hybridized carbons (Fsp3) is 0.200. The van der Waals surface area contributed by atoms with Crippen molar-refractivity contribution in [3.63, 3.8) is 0 Å². The van der Waals surface area contributed by atoms with Crippen molar-refractivity contribution in [2.45, 2.75) is 6.18 Å². The minimum absolute atomic E-state index is 0.120. The molecule has 0 unspecified atom stereocenters. The van der Waals surface area contributed by atoms with Crippen LogP contribution in [0.5, 0.6) is 0 Å². The summed E-state index contributed by atoms with van der Waals surface area (Å²) in [6, 6.07) is 1.99. The zero-order chi connectivity index (χ0) is 12.9. The first-order chi connectivity index (χ1) is 7.93. The first-order valence-corrected chi connectivity index (χ1v) is 4.31. The maximum atomic E-state index is 12.9. The second-order valence-electron chi connectivity index (χ2n) is 2.92. The van der Waals surface area contributed by atoms with Crippen molar-refractivity contribution >= 4 is 0 Å². The molecular formula is C10H5F4N3.